The van der Waals surface area contributed by atoms with Crippen molar-refractivity contribution in [3.63, 3.8) is 0 Å². The first kappa shape index (κ1) is 22.1. The second-order valence-corrected chi connectivity index (χ2v) is 7.36. The molecule has 2 heterocycles. The molecule has 10 nitrogen and oxygen atoms in total. The molecule has 0 atom stereocenters. The number of halogens is 1. The first-order valence-electron chi connectivity index (χ1n) is 9.85. The maximum atomic E-state index is 12.9. The second-order valence-electron chi connectivity index (χ2n) is 6.92. The number of ether oxygens (including phenoxy) is 1. The Kier molecular flexibility index (Phi) is 6.38. The van der Waals surface area contributed by atoms with Crippen molar-refractivity contribution in [1.29, 1.82) is 0 Å². The van der Waals surface area contributed by atoms with Crippen LogP contribution in [-0.2, 0) is 0 Å². The molecule has 0 saturated heterocycles. The zero-order valence-electron chi connectivity index (χ0n) is 17.6. The summed E-state index contributed by atoms with van der Waals surface area (Å²) in [6, 6.07) is 16.4. The number of hydrazine groups is 1. The lowest BCUT2D eigenvalue weighted by atomic mass is 10.1. The van der Waals surface area contributed by atoms with Crippen LogP contribution in [0, 0.1) is 0 Å². The van der Waals surface area contributed by atoms with Gasteiger partial charge in [0.05, 0.1) is 30.6 Å². The third-order valence-electron chi connectivity index (χ3n) is 4.97. The lowest BCUT2D eigenvalue weighted by Crippen LogP contribution is -2.41. The molecule has 4 rings (SSSR count). The predicted molar refractivity (Wildman–Crippen MR) is 127 cm³/mol. The van der Waals surface area contributed by atoms with Gasteiger partial charge in [0, 0.05) is 22.2 Å². The average Bonchev–Trinajstić information content (AvgIpc) is 3.29. The molecule has 6 N–H and O–H groups in total. The zero-order chi connectivity index (χ0) is 23.4. The summed E-state index contributed by atoms with van der Waals surface area (Å²) >= 11 is 6.15. The second kappa shape index (κ2) is 9.55. The molecule has 0 aliphatic carbocycles. The average molecular weight is 465 g/mol. The molecular formula is C22H21ClN8O2. The number of hydrazone groups is 1. The van der Waals surface area contributed by atoms with Gasteiger partial charge in [-0.15, -0.1) is 0 Å². The van der Waals surface area contributed by atoms with Gasteiger partial charge in [-0.3, -0.25) is 9.78 Å². The Bertz CT molecular complexity index is 1350. The van der Waals surface area contributed by atoms with Gasteiger partial charge in [0.1, 0.15) is 5.75 Å². The number of hydrogen-bond donors (Lipinski definition) is 4. The molecule has 1 amide bonds. The number of benzene rings is 2. The van der Waals surface area contributed by atoms with Gasteiger partial charge in [-0.2, -0.15) is 10.2 Å². The maximum absolute atomic E-state index is 12.9. The highest BCUT2D eigenvalue weighted by molar-refractivity contribution is 6.31. The van der Waals surface area contributed by atoms with Gasteiger partial charge in [-0.25, -0.2) is 10.5 Å². The number of carbonyl (C=O) groups excluding carboxylic acids is 1. The molecule has 0 bridgehead atoms. The van der Waals surface area contributed by atoms with E-state index in [0.29, 0.717) is 22.0 Å². The molecule has 2 aromatic heterocycles. The smallest absolute Gasteiger partial charge is 0.272 e. The summed E-state index contributed by atoms with van der Waals surface area (Å²) in [5.41, 5.74) is 5.35. The van der Waals surface area contributed by atoms with Crippen molar-refractivity contribution in [1.82, 2.24) is 25.5 Å². The Morgan fingerprint density at radius 1 is 1.21 bits per heavy atom. The van der Waals surface area contributed by atoms with E-state index in [1.807, 2.05) is 36.4 Å². The number of amidine groups is 1. The van der Waals surface area contributed by atoms with Gasteiger partial charge in [0.2, 0.25) is 0 Å². The minimum Gasteiger partial charge on any atom is -0.496 e. The van der Waals surface area contributed by atoms with Crippen LogP contribution >= 0.6 is 11.6 Å². The summed E-state index contributed by atoms with van der Waals surface area (Å²) in [7, 11) is 1.59. The number of nitrogens with two attached hydrogens (primary N) is 2. The summed E-state index contributed by atoms with van der Waals surface area (Å²) in [4.78, 5) is 17.3. The van der Waals surface area contributed by atoms with Crippen molar-refractivity contribution in [2.24, 2.45) is 16.8 Å². The molecule has 0 fully saturated rings. The first-order chi connectivity index (χ1) is 16.0. The molecule has 0 saturated carbocycles. The molecule has 0 unspecified atom stereocenters. The number of carbonyl (C=O) groups is 1. The third kappa shape index (κ3) is 4.43. The molecule has 0 aliphatic heterocycles. The Morgan fingerprint density at radius 3 is 2.79 bits per heavy atom. The number of fused-ring (bicyclic) bond motifs is 1. The minimum absolute atomic E-state index is 0.0133. The van der Waals surface area contributed by atoms with Gasteiger partial charge >= 0.3 is 0 Å². The highest BCUT2D eigenvalue weighted by Gasteiger charge is 2.20. The van der Waals surface area contributed by atoms with E-state index in [0.717, 1.165) is 16.6 Å². The Labute approximate surface area is 194 Å². The van der Waals surface area contributed by atoms with E-state index in [-0.39, 0.29) is 18.1 Å². The summed E-state index contributed by atoms with van der Waals surface area (Å²) < 4.78 is 7.23. The number of rotatable bonds is 6. The fourth-order valence-corrected chi connectivity index (χ4v) is 3.57. The lowest BCUT2D eigenvalue weighted by Gasteiger charge is -2.12. The Morgan fingerprint density at radius 2 is 2.03 bits per heavy atom. The van der Waals surface area contributed by atoms with Gasteiger partial charge in [-0.05, 0) is 42.5 Å². The summed E-state index contributed by atoms with van der Waals surface area (Å²) in [6.45, 7) is 0.0133. The molecule has 2 aromatic carbocycles. The normalized spacial score (nSPS) is 11.4. The van der Waals surface area contributed by atoms with Gasteiger partial charge in [-0.1, -0.05) is 23.7 Å². The van der Waals surface area contributed by atoms with Crippen molar-refractivity contribution >= 4 is 34.2 Å². The number of nitrogens with one attached hydrogen (secondary N) is 2. The topological polar surface area (TPSA) is 145 Å². The van der Waals surface area contributed by atoms with Crippen molar-refractivity contribution in [3.05, 3.63) is 71.5 Å². The molecule has 11 heteroatoms. The van der Waals surface area contributed by atoms with Crippen molar-refractivity contribution < 1.29 is 9.53 Å². The van der Waals surface area contributed by atoms with Crippen LogP contribution in [0.15, 0.2) is 65.9 Å². The number of hydrogen-bond acceptors (Lipinski definition) is 7. The van der Waals surface area contributed by atoms with E-state index < -0.39 is 5.91 Å². The van der Waals surface area contributed by atoms with Crippen LogP contribution in [0.5, 0.6) is 5.75 Å². The quantitative estimate of drug-likeness (QED) is 0.148. The number of nitrogens with zero attached hydrogens (tertiary/aromatic N) is 4. The first-order valence-corrected chi connectivity index (χ1v) is 10.2. The van der Waals surface area contributed by atoms with Crippen LogP contribution in [0.1, 0.15) is 10.5 Å². The highest BCUT2D eigenvalue weighted by Crippen LogP contribution is 2.33. The van der Waals surface area contributed by atoms with Crippen LogP contribution in [0.4, 0.5) is 0 Å². The molecular weight excluding hydrogens is 444 g/mol. The number of para-hydroxylation sites is 1. The SMILES string of the molecule is COc1ccccc1-c1cc(C(=O)NCC(=NN)NN)nn1-c1ccnc2cc(Cl)ccc12. The van der Waals surface area contributed by atoms with E-state index in [1.165, 1.54) is 0 Å². The van der Waals surface area contributed by atoms with Crippen LogP contribution in [-0.4, -0.2) is 40.2 Å². The molecule has 33 heavy (non-hydrogen) atoms. The number of methoxy groups -OCH3 is 1. The molecule has 0 aliphatic rings. The fraction of sp³-hybridized carbons (Fsp3) is 0.0909. The van der Waals surface area contributed by atoms with E-state index in [9.17, 15) is 4.79 Å². The number of aromatic nitrogens is 3. The van der Waals surface area contributed by atoms with Crippen LogP contribution < -0.4 is 27.2 Å². The molecule has 0 spiro atoms. The molecule has 168 valence electrons. The van der Waals surface area contributed by atoms with Crippen LogP contribution in [0.25, 0.3) is 27.8 Å². The Hall–Kier alpha value is -4.15. The fourth-order valence-electron chi connectivity index (χ4n) is 3.40. The third-order valence-corrected chi connectivity index (χ3v) is 5.21. The lowest BCUT2D eigenvalue weighted by molar-refractivity contribution is 0.0953. The van der Waals surface area contributed by atoms with E-state index >= 15 is 0 Å². The number of amides is 1. The van der Waals surface area contributed by atoms with E-state index in [1.54, 1.807) is 36.2 Å². The minimum atomic E-state index is -0.428. The summed E-state index contributed by atoms with van der Waals surface area (Å²) in [5.74, 6) is 11.0. The van der Waals surface area contributed by atoms with E-state index in [4.69, 9.17) is 28.0 Å². The van der Waals surface area contributed by atoms with Crippen LogP contribution in [0.2, 0.25) is 5.02 Å². The molecule has 4 aromatic rings. The van der Waals surface area contributed by atoms with Crippen molar-refractivity contribution in [2.75, 3.05) is 13.7 Å². The summed E-state index contributed by atoms with van der Waals surface area (Å²) in [6.07, 6.45) is 1.67. The number of pyridine rings is 1. The standard InChI is InChI=1S/C22H21ClN8O2/c1-33-20-5-3-2-4-15(20)19-11-17(22(32)27-12-21(28-24)29-25)30-31(19)18-8-9-26-16-10-13(23)6-7-14(16)18/h2-11H,12,24-25H2,1H3,(H,27,32)(H,28,29). The monoisotopic (exact) mass is 464 g/mol. The highest BCUT2D eigenvalue weighted by atomic mass is 35.5. The van der Waals surface area contributed by atoms with E-state index in [2.05, 4.69) is 25.9 Å². The van der Waals surface area contributed by atoms with Crippen molar-refractivity contribution in [3.8, 4) is 22.7 Å². The van der Waals surface area contributed by atoms with Crippen molar-refractivity contribution in [2.45, 2.75) is 0 Å². The van der Waals surface area contributed by atoms with Crippen LogP contribution in [0.3, 0.4) is 0 Å². The molecule has 0 radical (unpaired) electrons. The largest absolute Gasteiger partial charge is 0.496 e. The zero-order valence-corrected chi connectivity index (χ0v) is 18.4. The van der Waals surface area contributed by atoms with Gasteiger partial charge in [0.15, 0.2) is 11.5 Å². The summed E-state index contributed by atoms with van der Waals surface area (Å²) in [5, 5.41) is 12.1. The maximum Gasteiger partial charge on any atom is 0.272 e. The van der Waals surface area contributed by atoms with Gasteiger partial charge < -0.3 is 21.3 Å². The van der Waals surface area contributed by atoms with Gasteiger partial charge in [0.25, 0.3) is 5.91 Å². The predicted octanol–water partition coefficient (Wildman–Crippen LogP) is 2.21. The Balaban J connectivity index is 1.87.